The Morgan fingerprint density at radius 3 is 2.57 bits per heavy atom. The summed E-state index contributed by atoms with van der Waals surface area (Å²) in [6.45, 7) is 17.0. The Morgan fingerprint density at radius 2 is 1.92 bits per heavy atom. The normalized spacial score (nSPS) is 36.7. The van der Waals surface area contributed by atoms with Crippen LogP contribution in [0.2, 0.25) is 18.1 Å². The SMILES string of the molecule is C=CC[C@@H]1OC(O)(C[C@@H]2O[C@]3(C)CO[C@@H](c4ccccc4)O[C@H]3C[C@H]2O[Si](C)(C)C(C)(C)C)C=CC1=O. The van der Waals surface area contributed by atoms with Gasteiger partial charge in [0.2, 0.25) is 0 Å². The highest BCUT2D eigenvalue weighted by atomic mass is 28.4. The summed E-state index contributed by atoms with van der Waals surface area (Å²) in [6.07, 6.45) is 3.14. The number of ketones is 1. The van der Waals surface area contributed by atoms with Crippen LogP contribution >= 0.6 is 0 Å². The molecule has 7 nitrogen and oxygen atoms in total. The lowest BCUT2D eigenvalue weighted by molar-refractivity contribution is -0.343. The number of rotatable bonds is 7. The van der Waals surface area contributed by atoms with E-state index < -0.39 is 38.2 Å². The summed E-state index contributed by atoms with van der Waals surface area (Å²) >= 11 is 0. The molecule has 2 fully saturated rings. The van der Waals surface area contributed by atoms with Gasteiger partial charge < -0.3 is 28.5 Å². The molecule has 0 radical (unpaired) electrons. The third-order valence-corrected chi connectivity index (χ3v) is 12.6. The van der Waals surface area contributed by atoms with Gasteiger partial charge >= 0.3 is 0 Å². The number of fused-ring (bicyclic) bond motifs is 1. The van der Waals surface area contributed by atoms with Gasteiger partial charge in [-0.05, 0) is 43.6 Å². The second-order valence-electron chi connectivity index (χ2n) is 12.2. The first-order valence-corrected chi connectivity index (χ1v) is 16.1. The minimum atomic E-state index is -2.20. The van der Waals surface area contributed by atoms with Gasteiger partial charge in [-0.2, -0.15) is 0 Å². The molecular formula is C29H42O7Si. The van der Waals surface area contributed by atoms with Crippen LogP contribution in [0.4, 0.5) is 0 Å². The summed E-state index contributed by atoms with van der Waals surface area (Å²) in [4.78, 5) is 12.3. The molecule has 0 aromatic heterocycles. The van der Waals surface area contributed by atoms with Gasteiger partial charge in [-0.25, -0.2) is 0 Å². The topological polar surface area (TPSA) is 83.5 Å². The Kier molecular flexibility index (Phi) is 8.04. The van der Waals surface area contributed by atoms with Gasteiger partial charge in [-0.15, -0.1) is 6.58 Å². The molecule has 8 heteroatoms. The van der Waals surface area contributed by atoms with Gasteiger partial charge in [-0.3, -0.25) is 4.79 Å². The Bertz CT molecular complexity index is 1000. The third-order valence-electron chi connectivity index (χ3n) is 8.14. The standard InChI is InChI=1S/C29H42O7Si/c1-8-12-22-21(30)15-16-29(31,35-22)18-24-23(36-37(6,7)27(2,3)4)17-25-28(5,34-24)19-32-26(33-25)20-13-10-9-11-14-20/h8-11,13-16,22-26,31H,1,12,17-19H2,2-7H3/t22-,23+,24-,25-,26+,28+,29?/m0/s1. The van der Waals surface area contributed by atoms with Gasteiger partial charge in [-0.1, -0.05) is 57.2 Å². The molecule has 204 valence electrons. The second-order valence-corrected chi connectivity index (χ2v) is 17.0. The molecule has 7 atom stereocenters. The quantitative estimate of drug-likeness (QED) is 0.382. The lowest BCUT2D eigenvalue weighted by Gasteiger charge is -2.54. The van der Waals surface area contributed by atoms with E-state index in [1.807, 2.05) is 37.3 Å². The Hall–Kier alpha value is -1.65. The lowest BCUT2D eigenvalue weighted by Crippen LogP contribution is -2.64. The van der Waals surface area contributed by atoms with Crippen LogP contribution in [0.1, 0.15) is 58.8 Å². The van der Waals surface area contributed by atoms with Crippen molar-refractivity contribution in [3.63, 3.8) is 0 Å². The zero-order chi connectivity index (χ0) is 27.1. The van der Waals surface area contributed by atoms with Gasteiger partial charge in [0, 0.05) is 18.4 Å². The molecule has 1 unspecified atom stereocenters. The number of hydrogen-bond acceptors (Lipinski definition) is 7. The van der Waals surface area contributed by atoms with E-state index in [2.05, 4.69) is 40.4 Å². The van der Waals surface area contributed by atoms with Crippen LogP contribution in [-0.2, 0) is 28.2 Å². The molecule has 2 saturated heterocycles. The summed E-state index contributed by atoms with van der Waals surface area (Å²) in [5.74, 6) is -1.84. The van der Waals surface area contributed by atoms with Crippen LogP contribution in [0.3, 0.4) is 0 Å². The van der Waals surface area contributed by atoms with Gasteiger partial charge in [0.05, 0.1) is 24.9 Å². The number of hydrogen-bond donors (Lipinski definition) is 1. The Balaban J connectivity index is 1.59. The Morgan fingerprint density at radius 1 is 1.22 bits per heavy atom. The van der Waals surface area contributed by atoms with Crippen molar-refractivity contribution in [1.29, 1.82) is 0 Å². The zero-order valence-corrected chi connectivity index (χ0v) is 23.9. The van der Waals surface area contributed by atoms with Crippen molar-refractivity contribution in [3.05, 3.63) is 60.7 Å². The van der Waals surface area contributed by atoms with E-state index in [-0.39, 0.29) is 29.5 Å². The molecule has 3 heterocycles. The van der Waals surface area contributed by atoms with Crippen molar-refractivity contribution >= 4 is 14.1 Å². The lowest BCUT2D eigenvalue weighted by atomic mass is 9.85. The number of aliphatic hydroxyl groups is 1. The second kappa shape index (κ2) is 10.5. The van der Waals surface area contributed by atoms with Gasteiger partial charge in [0.15, 0.2) is 26.2 Å². The maximum atomic E-state index is 12.3. The fourth-order valence-electron chi connectivity index (χ4n) is 4.89. The van der Waals surface area contributed by atoms with E-state index in [0.717, 1.165) is 5.56 Å². The first kappa shape index (κ1) is 28.4. The summed E-state index contributed by atoms with van der Waals surface area (Å²) in [6, 6.07) is 9.89. The van der Waals surface area contributed by atoms with E-state index in [1.165, 1.54) is 12.2 Å². The summed E-state index contributed by atoms with van der Waals surface area (Å²) in [5.41, 5.74) is 0.232. The number of carbonyl (C=O) groups is 1. The first-order chi connectivity index (χ1) is 17.3. The van der Waals surface area contributed by atoms with Gasteiger partial charge in [0.1, 0.15) is 11.7 Å². The van der Waals surface area contributed by atoms with E-state index in [1.54, 1.807) is 6.08 Å². The Labute approximate surface area is 221 Å². The molecule has 1 N–H and O–H groups in total. The molecular weight excluding hydrogens is 488 g/mol. The van der Waals surface area contributed by atoms with Gasteiger partial charge in [0.25, 0.3) is 0 Å². The first-order valence-electron chi connectivity index (χ1n) is 13.2. The van der Waals surface area contributed by atoms with Crippen LogP contribution in [0.15, 0.2) is 55.1 Å². The zero-order valence-electron chi connectivity index (χ0n) is 22.9. The van der Waals surface area contributed by atoms with E-state index in [4.69, 9.17) is 23.4 Å². The van der Waals surface area contributed by atoms with Crippen molar-refractivity contribution in [3.8, 4) is 0 Å². The van der Waals surface area contributed by atoms with Crippen LogP contribution < -0.4 is 0 Å². The molecule has 3 aliphatic heterocycles. The fraction of sp³-hybridized carbons (Fsp3) is 0.621. The molecule has 1 aromatic carbocycles. The summed E-state index contributed by atoms with van der Waals surface area (Å²) < 4.78 is 32.0. The molecule has 0 saturated carbocycles. The minimum Gasteiger partial charge on any atom is -0.411 e. The molecule has 3 aliphatic rings. The number of carbonyl (C=O) groups excluding carboxylic acids is 1. The highest BCUT2D eigenvalue weighted by Gasteiger charge is 2.54. The molecule has 4 rings (SSSR count). The van der Waals surface area contributed by atoms with Crippen LogP contribution in [-0.4, -0.2) is 61.6 Å². The third kappa shape index (κ3) is 6.17. The maximum absolute atomic E-state index is 12.3. The molecule has 0 spiro atoms. The minimum absolute atomic E-state index is 0.0129. The fourth-order valence-corrected chi connectivity index (χ4v) is 6.24. The van der Waals surface area contributed by atoms with Crippen molar-refractivity contribution in [1.82, 2.24) is 0 Å². The van der Waals surface area contributed by atoms with E-state index in [9.17, 15) is 9.90 Å². The predicted octanol–water partition coefficient (Wildman–Crippen LogP) is 5.22. The molecule has 0 aliphatic carbocycles. The molecule has 1 aromatic rings. The molecule has 0 amide bonds. The van der Waals surface area contributed by atoms with E-state index >= 15 is 0 Å². The number of benzene rings is 1. The highest BCUT2D eigenvalue weighted by Crippen LogP contribution is 2.46. The maximum Gasteiger partial charge on any atom is 0.192 e. The summed E-state index contributed by atoms with van der Waals surface area (Å²) in [5, 5.41) is 11.4. The van der Waals surface area contributed by atoms with Crippen LogP contribution in [0, 0.1) is 0 Å². The largest absolute Gasteiger partial charge is 0.411 e. The average molecular weight is 531 g/mol. The molecule has 0 bridgehead atoms. The predicted molar refractivity (Wildman–Crippen MR) is 143 cm³/mol. The van der Waals surface area contributed by atoms with Crippen molar-refractivity contribution in [2.24, 2.45) is 0 Å². The highest BCUT2D eigenvalue weighted by molar-refractivity contribution is 6.74. The van der Waals surface area contributed by atoms with Crippen LogP contribution in [0.5, 0.6) is 0 Å². The van der Waals surface area contributed by atoms with Crippen molar-refractivity contribution in [2.75, 3.05) is 6.61 Å². The average Bonchev–Trinajstić information content (AvgIpc) is 2.82. The number of ether oxygens (including phenoxy) is 4. The molecule has 37 heavy (non-hydrogen) atoms. The van der Waals surface area contributed by atoms with Crippen LogP contribution in [0.25, 0.3) is 0 Å². The summed E-state index contributed by atoms with van der Waals surface area (Å²) in [7, 11) is -2.20. The monoisotopic (exact) mass is 530 g/mol. The van der Waals surface area contributed by atoms with Crippen molar-refractivity contribution < 1.29 is 33.3 Å². The van der Waals surface area contributed by atoms with E-state index in [0.29, 0.717) is 19.4 Å². The smallest absolute Gasteiger partial charge is 0.192 e. The van der Waals surface area contributed by atoms with Crippen molar-refractivity contribution in [2.45, 2.75) is 107 Å².